The molecule has 106 valence electrons. The summed E-state index contributed by atoms with van der Waals surface area (Å²) < 4.78 is 10.9. The van der Waals surface area contributed by atoms with Gasteiger partial charge in [-0.15, -0.1) is 0 Å². The summed E-state index contributed by atoms with van der Waals surface area (Å²) in [5.74, 6) is 1.76. The van der Waals surface area contributed by atoms with Crippen LogP contribution in [0.2, 0.25) is 0 Å². The second-order valence-corrected chi connectivity index (χ2v) is 5.16. The average Bonchev–Trinajstić information content (AvgIpc) is 2.52. The Labute approximate surface area is 128 Å². The Hall–Kier alpha value is -1.48. The maximum Gasteiger partial charge on any atom is 0.126 e. The van der Waals surface area contributed by atoms with E-state index in [9.17, 15) is 0 Å². The molecule has 0 radical (unpaired) electrons. The van der Waals surface area contributed by atoms with Gasteiger partial charge >= 0.3 is 0 Å². The van der Waals surface area contributed by atoms with Crippen LogP contribution in [0, 0.1) is 0 Å². The molecule has 0 aliphatic rings. The van der Waals surface area contributed by atoms with E-state index in [1.807, 2.05) is 6.07 Å². The highest BCUT2D eigenvalue weighted by Gasteiger charge is 2.11. The first-order valence-corrected chi connectivity index (χ1v) is 7.74. The van der Waals surface area contributed by atoms with Crippen molar-refractivity contribution in [1.29, 1.82) is 0 Å². The Kier molecular flexibility index (Phi) is 5.48. The number of ether oxygens (including phenoxy) is 2. The lowest BCUT2D eigenvalue weighted by Gasteiger charge is -2.14. The first-order valence-electron chi connectivity index (χ1n) is 6.62. The van der Waals surface area contributed by atoms with Crippen LogP contribution in [0.25, 0.3) is 0 Å². The van der Waals surface area contributed by atoms with Crippen molar-refractivity contribution >= 4 is 15.9 Å². The van der Waals surface area contributed by atoms with Crippen molar-refractivity contribution in [3.8, 4) is 11.5 Å². The number of methoxy groups -OCH3 is 2. The van der Waals surface area contributed by atoms with Gasteiger partial charge in [-0.1, -0.05) is 46.3 Å². The molecule has 0 amide bonds. The summed E-state index contributed by atoms with van der Waals surface area (Å²) in [6, 6.07) is 14.7. The van der Waals surface area contributed by atoms with Gasteiger partial charge in [0, 0.05) is 10.9 Å². The molecule has 0 N–H and O–H groups in total. The minimum absolute atomic E-state index is 0.721. The van der Waals surface area contributed by atoms with Crippen molar-refractivity contribution in [3.63, 3.8) is 0 Å². The van der Waals surface area contributed by atoms with Crippen LogP contribution in [0.3, 0.4) is 0 Å². The van der Waals surface area contributed by atoms with Crippen LogP contribution in [0.5, 0.6) is 11.5 Å². The molecule has 2 nitrogen and oxygen atoms in total. The number of alkyl halides is 1. The predicted octanol–water partition coefficient (Wildman–Crippen LogP) is 4.38. The highest BCUT2D eigenvalue weighted by molar-refractivity contribution is 9.08. The van der Waals surface area contributed by atoms with E-state index in [1.165, 1.54) is 11.1 Å². The summed E-state index contributed by atoms with van der Waals surface area (Å²) >= 11 is 3.48. The molecule has 0 saturated carbocycles. The van der Waals surface area contributed by atoms with Gasteiger partial charge in [0.25, 0.3) is 0 Å². The molecular formula is C17H19BrO2. The second-order valence-electron chi connectivity index (χ2n) is 4.60. The zero-order chi connectivity index (χ0) is 14.4. The summed E-state index contributed by atoms with van der Waals surface area (Å²) in [7, 11) is 3.39. The molecule has 0 aliphatic heterocycles. The quantitative estimate of drug-likeness (QED) is 0.729. The van der Waals surface area contributed by atoms with Crippen molar-refractivity contribution in [1.82, 2.24) is 0 Å². The fourth-order valence-corrected chi connectivity index (χ4v) is 2.80. The molecule has 0 saturated heterocycles. The molecule has 0 spiro atoms. The first-order chi connectivity index (χ1) is 9.78. The number of aryl methyl sites for hydroxylation is 2. The van der Waals surface area contributed by atoms with Crippen molar-refractivity contribution in [2.75, 3.05) is 14.2 Å². The Morgan fingerprint density at radius 1 is 0.850 bits per heavy atom. The topological polar surface area (TPSA) is 18.5 Å². The zero-order valence-electron chi connectivity index (χ0n) is 11.9. The number of hydrogen-bond acceptors (Lipinski definition) is 2. The van der Waals surface area contributed by atoms with Crippen molar-refractivity contribution in [2.45, 2.75) is 18.2 Å². The van der Waals surface area contributed by atoms with Crippen molar-refractivity contribution < 1.29 is 9.47 Å². The number of halogens is 1. The molecule has 2 aromatic rings. The first kappa shape index (κ1) is 14.9. The third-order valence-electron chi connectivity index (χ3n) is 3.35. The third-order valence-corrected chi connectivity index (χ3v) is 3.91. The highest BCUT2D eigenvalue weighted by Crippen LogP contribution is 2.32. The van der Waals surface area contributed by atoms with Crippen LogP contribution in [0.1, 0.15) is 16.7 Å². The molecule has 3 heteroatoms. The molecule has 0 bridgehead atoms. The lowest BCUT2D eigenvalue weighted by molar-refractivity contribution is 0.387. The lowest BCUT2D eigenvalue weighted by atomic mass is 10.0. The van der Waals surface area contributed by atoms with E-state index in [-0.39, 0.29) is 0 Å². The van der Waals surface area contributed by atoms with E-state index in [4.69, 9.17) is 9.47 Å². The number of rotatable bonds is 6. The lowest BCUT2D eigenvalue weighted by Crippen LogP contribution is -1.98. The summed E-state index contributed by atoms with van der Waals surface area (Å²) in [6.07, 6.45) is 1.99. The van der Waals surface area contributed by atoms with Crippen LogP contribution in [-0.2, 0) is 18.2 Å². The minimum Gasteiger partial charge on any atom is -0.496 e. The van der Waals surface area contributed by atoms with Gasteiger partial charge in [0.1, 0.15) is 11.5 Å². The maximum atomic E-state index is 5.46. The molecule has 0 atom stereocenters. The van der Waals surface area contributed by atoms with Crippen LogP contribution in [-0.4, -0.2) is 14.2 Å². The molecule has 0 aliphatic carbocycles. The molecule has 0 unspecified atom stereocenters. The SMILES string of the molecule is COc1cc(CCc2ccccc2)cc(OC)c1CBr. The Morgan fingerprint density at radius 3 is 1.90 bits per heavy atom. The summed E-state index contributed by atoms with van der Waals surface area (Å²) in [6.45, 7) is 0. The highest BCUT2D eigenvalue weighted by atomic mass is 79.9. The normalized spacial score (nSPS) is 10.3. The Bertz CT molecular complexity index is 527. The van der Waals surface area contributed by atoms with Gasteiger partial charge in [0.05, 0.1) is 14.2 Å². The largest absolute Gasteiger partial charge is 0.496 e. The van der Waals surface area contributed by atoms with E-state index < -0.39 is 0 Å². The molecule has 0 aromatic heterocycles. The summed E-state index contributed by atoms with van der Waals surface area (Å²) in [5, 5.41) is 0.721. The predicted molar refractivity (Wildman–Crippen MR) is 86.0 cm³/mol. The minimum atomic E-state index is 0.721. The van der Waals surface area contributed by atoms with Gasteiger partial charge in [-0.05, 0) is 36.1 Å². The van der Waals surface area contributed by atoms with Crippen molar-refractivity contribution in [3.05, 3.63) is 59.2 Å². The van der Waals surface area contributed by atoms with Gasteiger partial charge in [-0.2, -0.15) is 0 Å². The number of benzene rings is 2. The van der Waals surface area contributed by atoms with Gasteiger partial charge in [0.2, 0.25) is 0 Å². The van der Waals surface area contributed by atoms with Gasteiger partial charge in [-0.3, -0.25) is 0 Å². The second kappa shape index (κ2) is 7.34. The molecule has 20 heavy (non-hydrogen) atoms. The van der Waals surface area contributed by atoms with Crippen LogP contribution < -0.4 is 9.47 Å². The van der Waals surface area contributed by atoms with E-state index >= 15 is 0 Å². The Balaban J connectivity index is 2.19. The van der Waals surface area contributed by atoms with Crippen LogP contribution >= 0.6 is 15.9 Å². The average molecular weight is 335 g/mol. The Morgan fingerprint density at radius 2 is 1.40 bits per heavy atom. The van der Waals surface area contributed by atoms with Crippen LogP contribution in [0.4, 0.5) is 0 Å². The zero-order valence-corrected chi connectivity index (χ0v) is 13.4. The third kappa shape index (κ3) is 3.54. The smallest absolute Gasteiger partial charge is 0.126 e. The maximum absolute atomic E-state index is 5.46. The molecule has 2 aromatic carbocycles. The fraction of sp³-hybridized carbons (Fsp3) is 0.294. The van der Waals surface area contributed by atoms with Crippen LogP contribution in [0.15, 0.2) is 42.5 Å². The summed E-state index contributed by atoms with van der Waals surface area (Å²) in [4.78, 5) is 0. The molecule has 0 fully saturated rings. The summed E-state index contributed by atoms with van der Waals surface area (Å²) in [5.41, 5.74) is 3.63. The number of hydrogen-bond donors (Lipinski definition) is 0. The fourth-order valence-electron chi connectivity index (χ4n) is 2.25. The van der Waals surface area contributed by atoms with E-state index in [1.54, 1.807) is 14.2 Å². The van der Waals surface area contributed by atoms with E-state index in [2.05, 4.69) is 52.3 Å². The monoisotopic (exact) mass is 334 g/mol. The van der Waals surface area contributed by atoms with Gasteiger partial charge in [0.15, 0.2) is 0 Å². The molecule has 2 rings (SSSR count). The van der Waals surface area contributed by atoms with E-state index in [0.717, 1.165) is 35.2 Å². The van der Waals surface area contributed by atoms with Crippen molar-refractivity contribution in [2.24, 2.45) is 0 Å². The van der Waals surface area contributed by atoms with Gasteiger partial charge < -0.3 is 9.47 Å². The van der Waals surface area contributed by atoms with Gasteiger partial charge in [-0.25, -0.2) is 0 Å². The molecular weight excluding hydrogens is 316 g/mol. The standard InChI is InChI=1S/C17H19BrO2/c1-19-16-10-14(11-17(20-2)15(16)12-18)9-8-13-6-4-3-5-7-13/h3-7,10-11H,8-9,12H2,1-2H3. The molecule has 0 heterocycles. The van der Waals surface area contributed by atoms with E-state index in [0.29, 0.717) is 0 Å².